The van der Waals surface area contributed by atoms with Gasteiger partial charge in [0.15, 0.2) is 0 Å². The van der Waals surface area contributed by atoms with E-state index in [9.17, 15) is 0 Å². The number of anilines is 1. The highest BCUT2D eigenvalue weighted by Gasteiger charge is 2.10. The highest BCUT2D eigenvalue weighted by atomic mass is 16.3. The van der Waals surface area contributed by atoms with Gasteiger partial charge >= 0.3 is 0 Å². The molecule has 14 heavy (non-hydrogen) atoms. The van der Waals surface area contributed by atoms with Crippen LogP contribution in [0.25, 0.3) is 0 Å². The molecule has 0 saturated heterocycles. The first kappa shape index (κ1) is 11.0. The van der Waals surface area contributed by atoms with Crippen molar-refractivity contribution in [3.63, 3.8) is 0 Å². The Hall–Kier alpha value is -1.09. The number of rotatable bonds is 4. The number of hydrogen-bond acceptors (Lipinski definition) is 3. The van der Waals surface area contributed by atoms with Gasteiger partial charge in [0.1, 0.15) is 5.82 Å². The van der Waals surface area contributed by atoms with Crippen LogP contribution < -0.4 is 4.90 Å². The molecule has 0 unspecified atom stereocenters. The molecule has 3 nitrogen and oxygen atoms in total. The Balaban J connectivity index is 2.82. The Kier molecular flexibility index (Phi) is 3.89. The van der Waals surface area contributed by atoms with Crippen molar-refractivity contribution in [2.75, 3.05) is 18.1 Å². The van der Waals surface area contributed by atoms with E-state index in [1.54, 1.807) is 0 Å². The molecule has 0 atom stereocenters. The second-order valence-electron chi connectivity index (χ2n) is 3.70. The third-order valence-electron chi connectivity index (χ3n) is 2.15. The van der Waals surface area contributed by atoms with Crippen LogP contribution in [0.2, 0.25) is 0 Å². The van der Waals surface area contributed by atoms with E-state index in [-0.39, 0.29) is 6.61 Å². The van der Waals surface area contributed by atoms with E-state index in [4.69, 9.17) is 5.11 Å². The Morgan fingerprint density at radius 1 is 1.43 bits per heavy atom. The molecule has 0 aliphatic heterocycles. The summed E-state index contributed by atoms with van der Waals surface area (Å²) in [6, 6.07) is 4.39. The number of nitrogens with zero attached hydrogens (tertiary/aromatic N) is 2. The van der Waals surface area contributed by atoms with Gasteiger partial charge in [-0.3, -0.25) is 0 Å². The lowest BCUT2D eigenvalue weighted by molar-refractivity contribution is 0.298. The van der Waals surface area contributed by atoms with E-state index < -0.39 is 0 Å². The molecular weight excluding hydrogens is 176 g/mol. The number of hydrogen-bond donors (Lipinski definition) is 1. The Morgan fingerprint density at radius 2 is 2.14 bits per heavy atom. The summed E-state index contributed by atoms with van der Waals surface area (Å²) in [4.78, 5) is 6.42. The molecule has 0 spiro atoms. The number of aryl methyl sites for hydroxylation is 1. The minimum Gasteiger partial charge on any atom is -0.395 e. The van der Waals surface area contributed by atoms with E-state index in [0.717, 1.165) is 11.4 Å². The normalized spacial score (nSPS) is 10.6. The van der Waals surface area contributed by atoms with Crippen molar-refractivity contribution in [1.29, 1.82) is 0 Å². The molecule has 1 rings (SSSR count). The van der Waals surface area contributed by atoms with E-state index in [1.165, 1.54) is 0 Å². The quantitative estimate of drug-likeness (QED) is 0.791. The summed E-state index contributed by atoms with van der Waals surface area (Å²) in [6.45, 7) is 7.00. The molecule has 0 aliphatic carbocycles. The summed E-state index contributed by atoms with van der Waals surface area (Å²) in [5, 5.41) is 8.93. The van der Waals surface area contributed by atoms with Crippen molar-refractivity contribution in [3.05, 3.63) is 23.9 Å². The molecule has 1 aromatic rings. The van der Waals surface area contributed by atoms with Gasteiger partial charge in [-0.05, 0) is 32.4 Å². The van der Waals surface area contributed by atoms with Gasteiger partial charge < -0.3 is 10.0 Å². The van der Waals surface area contributed by atoms with Crippen molar-refractivity contribution in [2.45, 2.75) is 26.8 Å². The van der Waals surface area contributed by atoms with Gasteiger partial charge in [0.05, 0.1) is 6.61 Å². The van der Waals surface area contributed by atoms with E-state index in [2.05, 4.69) is 23.7 Å². The maximum Gasteiger partial charge on any atom is 0.128 e. The zero-order chi connectivity index (χ0) is 10.6. The standard InChI is InChI=1S/C11H18N2O/c1-9(2)13(6-7-14)11-5-4-10(3)8-12-11/h4-5,8-9,14H,6-7H2,1-3H3. The third kappa shape index (κ3) is 2.70. The first-order valence-electron chi connectivity index (χ1n) is 4.95. The van der Waals surface area contributed by atoms with Crippen LogP contribution in [0, 0.1) is 6.92 Å². The van der Waals surface area contributed by atoms with Crippen LogP contribution in [-0.4, -0.2) is 29.3 Å². The Morgan fingerprint density at radius 3 is 2.57 bits per heavy atom. The van der Waals surface area contributed by atoms with Gasteiger partial charge in [0.25, 0.3) is 0 Å². The van der Waals surface area contributed by atoms with Gasteiger partial charge in [-0.2, -0.15) is 0 Å². The van der Waals surface area contributed by atoms with Crippen LogP contribution in [-0.2, 0) is 0 Å². The summed E-state index contributed by atoms with van der Waals surface area (Å²) in [6.07, 6.45) is 1.85. The van der Waals surface area contributed by atoms with Crippen molar-refractivity contribution in [1.82, 2.24) is 4.98 Å². The summed E-state index contributed by atoms with van der Waals surface area (Å²) >= 11 is 0. The fourth-order valence-electron chi connectivity index (χ4n) is 1.37. The molecule has 0 saturated carbocycles. The van der Waals surface area contributed by atoms with Crippen molar-refractivity contribution in [3.8, 4) is 0 Å². The van der Waals surface area contributed by atoms with Gasteiger partial charge in [0.2, 0.25) is 0 Å². The molecule has 78 valence electrons. The van der Waals surface area contributed by atoms with Crippen molar-refractivity contribution < 1.29 is 5.11 Å². The molecule has 0 amide bonds. The second-order valence-corrected chi connectivity index (χ2v) is 3.70. The van der Waals surface area contributed by atoms with E-state index >= 15 is 0 Å². The van der Waals surface area contributed by atoms with Crippen LogP contribution in [0.5, 0.6) is 0 Å². The molecule has 1 aromatic heterocycles. The summed E-state index contributed by atoms with van der Waals surface area (Å²) in [5.74, 6) is 0.930. The highest BCUT2D eigenvalue weighted by Crippen LogP contribution is 2.13. The maximum absolute atomic E-state index is 8.93. The van der Waals surface area contributed by atoms with E-state index in [1.807, 2.05) is 25.3 Å². The summed E-state index contributed by atoms with van der Waals surface area (Å²) in [5.41, 5.74) is 1.15. The number of pyridine rings is 1. The molecule has 1 N–H and O–H groups in total. The number of aromatic nitrogens is 1. The molecule has 0 radical (unpaired) electrons. The minimum absolute atomic E-state index is 0.160. The monoisotopic (exact) mass is 194 g/mol. The fraction of sp³-hybridized carbons (Fsp3) is 0.545. The Bertz CT molecular complexity index is 269. The zero-order valence-electron chi connectivity index (χ0n) is 9.07. The average molecular weight is 194 g/mol. The first-order chi connectivity index (χ1) is 6.65. The topological polar surface area (TPSA) is 36.4 Å². The highest BCUT2D eigenvalue weighted by molar-refractivity contribution is 5.39. The average Bonchev–Trinajstić information content (AvgIpc) is 2.15. The predicted octanol–water partition coefficient (Wildman–Crippen LogP) is 1.60. The number of aliphatic hydroxyl groups excluding tert-OH is 1. The molecule has 1 heterocycles. The Labute approximate surface area is 85.4 Å². The third-order valence-corrected chi connectivity index (χ3v) is 2.15. The lowest BCUT2D eigenvalue weighted by Crippen LogP contribution is -2.34. The zero-order valence-corrected chi connectivity index (χ0v) is 9.07. The van der Waals surface area contributed by atoms with Crippen LogP contribution in [0.15, 0.2) is 18.3 Å². The fourth-order valence-corrected chi connectivity index (χ4v) is 1.37. The number of aliphatic hydroxyl groups is 1. The molecule has 0 fully saturated rings. The molecule has 0 aromatic carbocycles. The van der Waals surface area contributed by atoms with Gasteiger partial charge in [-0.25, -0.2) is 4.98 Å². The first-order valence-corrected chi connectivity index (χ1v) is 4.95. The molecular formula is C11H18N2O. The molecule has 0 aliphatic rings. The second kappa shape index (κ2) is 4.96. The van der Waals surface area contributed by atoms with Gasteiger partial charge in [-0.1, -0.05) is 6.07 Å². The molecule has 3 heteroatoms. The summed E-state index contributed by atoms with van der Waals surface area (Å²) < 4.78 is 0. The molecule has 0 bridgehead atoms. The lowest BCUT2D eigenvalue weighted by Gasteiger charge is -2.26. The van der Waals surface area contributed by atoms with Crippen LogP contribution in [0.1, 0.15) is 19.4 Å². The maximum atomic E-state index is 8.93. The SMILES string of the molecule is Cc1ccc(N(CCO)C(C)C)nc1. The van der Waals surface area contributed by atoms with Crippen LogP contribution >= 0.6 is 0 Å². The summed E-state index contributed by atoms with van der Waals surface area (Å²) in [7, 11) is 0. The minimum atomic E-state index is 0.160. The van der Waals surface area contributed by atoms with Gasteiger partial charge in [-0.15, -0.1) is 0 Å². The van der Waals surface area contributed by atoms with Crippen molar-refractivity contribution in [2.24, 2.45) is 0 Å². The van der Waals surface area contributed by atoms with Crippen molar-refractivity contribution >= 4 is 5.82 Å². The lowest BCUT2D eigenvalue weighted by atomic mass is 10.2. The predicted molar refractivity (Wildman–Crippen MR) is 58.5 cm³/mol. The smallest absolute Gasteiger partial charge is 0.128 e. The van der Waals surface area contributed by atoms with E-state index in [0.29, 0.717) is 12.6 Å². The van der Waals surface area contributed by atoms with Crippen LogP contribution in [0.4, 0.5) is 5.82 Å². The largest absolute Gasteiger partial charge is 0.395 e. The van der Waals surface area contributed by atoms with Crippen LogP contribution in [0.3, 0.4) is 0 Å². The van der Waals surface area contributed by atoms with Gasteiger partial charge in [0, 0.05) is 18.8 Å².